The molecule has 0 radical (unpaired) electrons. The second kappa shape index (κ2) is 8.03. The second-order valence-corrected chi connectivity index (χ2v) is 9.11. The van der Waals surface area contributed by atoms with Gasteiger partial charge in [-0.2, -0.15) is 0 Å². The fourth-order valence-electron chi connectivity index (χ4n) is 5.56. The Bertz CT molecular complexity index is 797. The van der Waals surface area contributed by atoms with E-state index in [1.54, 1.807) is 0 Å². The molecule has 7 heteroatoms. The van der Waals surface area contributed by atoms with Gasteiger partial charge in [-0.15, -0.1) is 10.2 Å². The van der Waals surface area contributed by atoms with Crippen molar-refractivity contribution in [3.63, 3.8) is 0 Å². The quantitative estimate of drug-likeness (QED) is 0.829. The average molecular weight is 398 g/mol. The van der Waals surface area contributed by atoms with E-state index in [9.17, 15) is 0 Å². The summed E-state index contributed by atoms with van der Waals surface area (Å²) in [4.78, 5) is 2.71. The van der Waals surface area contributed by atoms with Crippen LogP contribution in [0.25, 0.3) is 11.3 Å². The van der Waals surface area contributed by atoms with E-state index in [0.29, 0.717) is 6.04 Å². The fourth-order valence-corrected chi connectivity index (χ4v) is 5.56. The topological polar surface area (TPSA) is 76.3 Å². The van der Waals surface area contributed by atoms with E-state index in [1.807, 2.05) is 26.0 Å². The van der Waals surface area contributed by atoms with Gasteiger partial charge in [0, 0.05) is 38.9 Å². The zero-order valence-electron chi connectivity index (χ0n) is 17.4. The van der Waals surface area contributed by atoms with Gasteiger partial charge in [-0.25, -0.2) is 0 Å². The van der Waals surface area contributed by atoms with Crippen LogP contribution < -0.4 is 5.32 Å². The highest BCUT2D eigenvalue weighted by Gasteiger charge is 2.41. The van der Waals surface area contributed by atoms with Crippen LogP contribution in [0, 0.1) is 31.6 Å². The molecule has 7 nitrogen and oxygen atoms in total. The second-order valence-electron chi connectivity index (χ2n) is 9.11. The molecule has 3 fully saturated rings. The molecule has 2 aliphatic heterocycles. The number of anilines is 1. The lowest BCUT2D eigenvalue weighted by molar-refractivity contribution is 0.0545. The van der Waals surface area contributed by atoms with Crippen LogP contribution in [0.4, 0.5) is 5.82 Å². The number of nitrogens with zero attached hydrogens (tertiary/aromatic N) is 4. The Morgan fingerprint density at radius 1 is 1.07 bits per heavy atom. The molecular weight excluding hydrogens is 366 g/mol. The summed E-state index contributed by atoms with van der Waals surface area (Å²) in [7, 11) is 0. The Labute approximate surface area is 172 Å². The lowest BCUT2D eigenvalue weighted by atomic mass is 10.00. The first-order valence-corrected chi connectivity index (χ1v) is 11.0. The molecule has 0 aromatic carbocycles. The molecule has 4 heterocycles. The van der Waals surface area contributed by atoms with Crippen molar-refractivity contribution in [2.24, 2.45) is 17.8 Å². The van der Waals surface area contributed by atoms with Crippen LogP contribution in [0.1, 0.15) is 37.1 Å². The standard InChI is InChI=1S/C22H31N5O2/c1-14-22(15(2)29-26-14)20-3-4-21(25-24-20)23-19-9-17-12-27(13-18(17)10-19)11-16-5-7-28-8-6-16/h3-4,16-19H,5-13H2,1-2H3,(H,23,25)/t17-,18+,19+. The van der Waals surface area contributed by atoms with E-state index in [4.69, 9.17) is 9.26 Å². The van der Waals surface area contributed by atoms with Crippen molar-refractivity contribution in [3.05, 3.63) is 23.6 Å². The highest BCUT2D eigenvalue weighted by molar-refractivity contribution is 5.63. The number of ether oxygens (including phenoxy) is 1. The van der Waals surface area contributed by atoms with E-state index < -0.39 is 0 Å². The highest BCUT2D eigenvalue weighted by Crippen LogP contribution is 2.39. The molecule has 1 N–H and O–H groups in total. The molecule has 5 rings (SSSR count). The van der Waals surface area contributed by atoms with Crippen LogP contribution in [0.15, 0.2) is 16.7 Å². The van der Waals surface area contributed by atoms with E-state index in [0.717, 1.165) is 59.5 Å². The number of hydrogen-bond donors (Lipinski definition) is 1. The predicted molar refractivity (Wildman–Crippen MR) is 111 cm³/mol. The average Bonchev–Trinajstić information content (AvgIpc) is 3.36. The Morgan fingerprint density at radius 2 is 1.83 bits per heavy atom. The summed E-state index contributed by atoms with van der Waals surface area (Å²) in [6.07, 6.45) is 4.95. The number of aryl methyl sites for hydroxylation is 2. The van der Waals surface area contributed by atoms with Crippen molar-refractivity contribution in [1.82, 2.24) is 20.3 Å². The molecule has 2 saturated heterocycles. The fraction of sp³-hybridized carbons (Fsp3) is 0.682. The van der Waals surface area contributed by atoms with E-state index in [-0.39, 0.29) is 0 Å². The minimum atomic E-state index is 0.509. The van der Waals surface area contributed by atoms with Gasteiger partial charge in [0.05, 0.1) is 17.0 Å². The summed E-state index contributed by atoms with van der Waals surface area (Å²) >= 11 is 0. The highest BCUT2D eigenvalue weighted by atomic mass is 16.5. The maximum Gasteiger partial charge on any atom is 0.148 e. The molecule has 1 saturated carbocycles. The summed E-state index contributed by atoms with van der Waals surface area (Å²) < 4.78 is 10.7. The molecule has 29 heavy (non-hydrogen) atoms. The number of rotatable bonds is 5. The van der Waals surface area contributed by atoms with Crippen molar-refractivity contribution in [2.75, 3.05) is 38.2 Å². The molecule has 2 aromatic heterocycles. The molecule has 0 spiro atoms. The van der Waals surface area contributed by atoms with Crippen LogP contribution in [0.2, 0.25) is 0 Å². The zero-order valence-corrected chi connectivity index (χ0v) is 17.4. The number of hydrogen-bond acceptors (Lipinski definition) is 7. The first kappa shape index (κ1) is 19.0. The molecule has 1 aliphatic carbocycles. The monoisotopic (exact) mass is 397 g/mol. The molecule has 0 unspecified atom stereocenters. The summed E-state index contributed by atoms with van der Waals surface area (Å²) in [5.41, 5.74) is 2.62. The maximum atomic E-state index is 5.50. The SMILES string of the molecule is Cc1noc(C)c1-c1ccc(N[C@H]2C[C@@H]3CN(CC4CCOCC4)C[C@@H]3C2)nn1. The Kier molecular flexibility index (Phi) is 5.26. The normalized spacial score (nSPS) is 28.0. The Hall–Kier alpha value is -1.99. The largest absolute Gasteiger partial charge is 0.381 e. The van der Waals surface area contributed by atoms with Crippen LogP contribution in [-0.4, -0.2) is 59.1 Å². The first-order valence-electron chi connectivity index (χ1n) is 11.0. The van der Waals surface area contributed by atoms with Crippen molar-refractivity contribution in [3.8, 4) is 11.3 Å². The van der Waals surface area contributed by atoms with Crippen molar-refractivity contribution in [2.45, 2.75) is 45.6 Å². The van der Waals surface area contributed by atoms with Gasteiger partial charge in [-0.05, 0) is 69.4 Å². The van der Waals surface area contributed by atoms with Crippen molar-refractivity contribution >= 4 is 5.82 Å². The number of likely N-dealkylation sites (tertiary alicyclic amines) is 1. The van der Waals surface area contributed by atoms with E-state index in [1.165, 1.54) is 45.3 Å². The van der Waals surface area contributed by atoms with Gasteiger partial charge in [-0.1, -0.05) is 5.16 Å². The van der Waals surface area contributed by atoms with Crippen LogP contribution >= 0.6 is 0 Å². The van der Waals surface area contributed by atoms with Crippen molar-refractivity contribution in [1.29, 1.82) is 0 Å². The molecule has 0 amide bonds. The molecule has 3 aliphatic rings. The third kappa shape index (κ3) is 4.03. The van der Waals surface area contributed by atoms with Gasteiger partial charge in [0.2, 0.25) is 0 Å². The lowest BCUT2D eigenvalue weighted by Crippen LogP contribution is -2.32. The third-order valence-corrected chi connectivity index (χ3v) is 6.99. The summed E-state index contributed by atoms with van der Waals surface area (Å²) in [5, 5.41) is 16.4. The minimum Gasteiger partial charge on any atom is -0.381 e. The number of fused-ring (bicyclic) bond motifs is 1. The third-order valence-electron chi connectivity index (χ3n) is 6.99. The molecule has 2 aromatic rings. The maximum absolute atomic E-state index is 5.50. The van der Waals surface area contributed by atoms with Crippen LogP contribution in [-0.2, 0) is 4.74 Å². The van der Waals surface area contributed by atoms with Gasteiger partial charge >= 0.3 is 0 Å². The van der Waals surface area contributed by atoms with Gasteiger partial charge in [0.25, 0.3) is 0 Å². The molecular formula is C22H31N5O2. The zero-order chi connectivity index (χ0) is 19.8. The van der Waals surface area contributed by atoms with E-state index in [2.05, 4.69) is 25.6 Å². The first-order chi connectivity index (χ1) is 14.2. The Balaban J connectivity index is 1.14. The van der Waals surface area contributed by atoms with E-state index >= 15 is 0 Å². The Morgan fingerprint density at radius 3 is 2.45 bits per heavy atom. The minimum absolute atomic E-state index is 0.509. The molecule has 156 valence electrons. The van der Waals surface area contributed by atoms with Gasteiger partial charge in [-0.3, -0.25) is 0 Å². The summed E-state index contributed by atoms with van der Waals surface area (Å²) in [6.45, 7) is 9.53. The number of nitrogens with one attached hydrogen (secondary N) is 1. The van der Waals surface area contributed by atoms with Gasteiger partial charge < -0.3 is 19.5 Å². The number of aromatic nitrogens is 3. The smallest absolute Gasteiger partial charge is 0.148 e. The van der Waals surface area contributed by atoms with Gasteiger partial charge in [0.1, 0.15) is 11.6 Å². The summed E-state index contributed by atoms with van der Waals surface area (Å²) in [6, 6.07) is 4.54. The summed E-state index contributed by atoms with van der Waals surface area (Å²) in [5.74, 6) is 4.13. The molecule has 3 atom stereocenters. The van der Waals surface area contributed by atoms with Crippen LogP contribution in [0.3, 0.4) is 0 Å². The lowest BCUT2D eigenvalue weighted by Gasteiger charge is -2.27. The van der Waals surface area contributed by atoms with Gasteiger partial charge in [0.15, 0.2) is 0 Å². The predicted octanol–water partition coefficient (Wildman–Crippen LogP) is 3.30. The van der Waals surface area contributed by atoms with Crippen LogP contribution in [0.5, 0.6) is 0 Å². The van der Waals surface area contributed by atoms with Crippen molar-refractivity contribution < 1.29 is 9.26 Å². The molecule has 0 bridgehead atoms.